The van der Waals surface area contributed by atoms with Gasteiger partial charge in [-0.2, -0.15) is 0 Å². The third kappa shape index (κ3) is 3.63. The van der Waals surface area contributed by atoms with Crippen LogP contribution in [-0.4, -0.2) is 16.5 Å². The maximum absolute atomic E-state index is 12.5. The molecular weight excluding hydrogens is 364 g/mol. The average Bonchev–Trinajstić information content (AvgIpc) is 2.15. The predicted octanol–water partition coefficient (Wildman–Crippen LogP) is 3.01. The summed E-state index contributed by atoms with van der Waals surface area (Å²) >= 11 is 1.56. The maximum Gasteiger partial charge on any atom is 0.573 e. The molecule has 0 aliphatic rings. The van der Waals surface area contributed by atoms with E-state index in [1.54, 1.807) is 22.6 Å². The molecule has 0 radical (unpaired) electrons. The minimum Gasteiger partial charge on any atom is -0.403 e. The van der Waals surface area contributed by atoms with Crippen LogP contribution in [0.1, 0.15) is 17.7 Å². The van der Waals surface area contributed by atoms with Crippen molar-refractivity contribution in [2.45, 2.75) is 19.4 Å². The molecule has 0 saturated carbocycles. The molecule has 1 aromatic rings. The summed E-state index contributed by atoms with van der Waals surface area (Å²) in [5.74, 6) is -1.14. The number of pyridine rings is 1. The molecule has 3 nitrogen and oxygen atoms in total. The Kier molecular flexibility index (Phi) is 4.47. The highest BCUT2D eigenvalue weighted by molar-refractivity contribution is 14.1. The summed E-state index contributed by atoms with van der Waals surface area (Å²) in [6.07, 6.45) is -7.41. The highest BCUT2D eigenvalue weighted by Gasteiger charge is 2.35. The van der Waals surface area contributed by atoms with Gasteiger partial charge < -0.3 is 9.84 Å². The summed E-state index contributed by atoms with van der Waals surface area (Å²) in [4.78, 5) is 3.18. The van der Waals surface area contributed by atoms with Gasteiger partial charge in [0.1, 0.15) is 5.69 Å². The van der Waals surface area contributed by atoms with Gasteiger partial charge >= 0.3 is 6.36 Å². The van der Waals surface area contributed by atoms with Crippen LogP contribution in [0.2, 0.25) is 0 Å². The third-order valence-electron chi connectivity index (χ3n) is 1.69. The van der Waals surface area contributed by atoms with Crippen LogP contribution >= 0.6 is 22.6 Å². The highest BCUT2D eigenvalue weighted by Crippen LogP contribution is 2.36. The molecule has 1 rings (SSSR count). The van der Waals surface area contributed by atoms with Gasteiger partial charge in [-0.15, -0.1) is 13.2 Å². The van der Waals surface area contributed by atoms with Gasteiger partial charge in [-0.3, -0.25) is 4.98 Å². The van der Waals surface area contributed by atoms with Gasteiger partial charge in [-0.05, 0) is 22.6 Å². The van der Waals surface area contributed by atoms with Crippen LogP contribution in [0.3, 0.4) is 0 Å². The summed E-state index contributed by atoms with van der Waals surface area (Å²) in [6, 6.07) is 0. The fourth-order valence-corrected chi connectivity index (χ4v) is 1.61. The second-order valence-corrected chi connectivity index (χ2v) is 3.97. The normalized spacial score (nSPS) is 12.0. The van der Waals surface area contributed by atoms with Gasteiger partial charge in [-0.1, -0.05) is 0 Å². The van der Waals surface area contributed by atoms with E-state index >= 15 is 0 Å². The van der Waals surface area contributed by atoms with Gasteiger partial charge in [0.15, 0.2) is 5.75 Å². The van der Waals surface area contributed by atoms with Crippen LogP contribution in [0.5, 0.6) is 5.75 Å². The zero-order chi connectivity index (χ0) is 13.2. The monoisotopic (exact) mass is 369 g/mol. The summed E-state index contributed by atoms with van der Waals surface area (Å²) in [7, 11) is 0. The number of aromatic nitrogens is 1. The minimum atomic E-state index is -5.13. The molecule has 0 atom stereocenters. The van der Waals surface area contributed by atoms with Gasteiger partial charge in [-0.25, -0.2) is 8.78 Å². The van der Waals surface area contributed by atoms with Gasteiger partial charge in [0, 0.05) is 15.3 Å². The fraction of sp³-hybridized carbons (Fsp3) is 0.375. The predicted molar refractivity (Wildman–Crippen MR) is 54.5 cm³/mol. The lowest BCUT2D eigenvalue weighted by molar-refractivity contribution is -0.275. The zero-order valence-electron chi connectivity index (χ0n) is 7.93. The third-order valence-corrected chi connectivity index (χ3v) is 2.62. The van der Waals surface area contributed by atoms with Gasteiger partial charge in [0.05, 0.1) is 6.61 Å². The highest BCUT2D eigenvalue weighted by atomic mass is 127. The molecule has 0 aliphatic heterocycles. The topological polar surface area (TPSA) is 42.4 Å². The Balaban J connectivity index is 3.34. The molecule has 0 aromatic carbocycles. The molecule has 0 aliphatic carbocycles. The van der Waals surface area contributed by atoms with E-state index in [4.69, 9.17) is 5.11 Å². The Labute approximate surface area is 106 Å². The van der Waals surface area contributed by atoms with E-state index in [0.717, 1.165) is 6.20 Å². The van der Waals surface area contributed by atoms with E-state index in [1.807, 2.05) is 0 Å². The number of halogens is 6. The summed E-state index contributed by atoms with van der Waals surface area (Å²) in [5.41, 5.74) is -1.51. The average molecular weight is 369 g/mol. The van der Waals surface area contributed by atoms with Crippen molar-refractivity contribution in [2.24, 2.45) is 0 Å². The Morgan fingerprint density at radius 3 is 2.41 bits per heavy atom. The van der Waals surface area contributed by atoms with Crippen LogP contribution in [0.15, 0.2) is 6.20 Å². The minimum absolute atomic E-state index is 0.105. The second kappa shape index (κ2) is 5.29. The fourth-order valence-electron chi connectivity index (χ4n) is 1.06. The van der Waals surface area contributed by atoms with Crippen LogP contribution in [0.25, 0.3) is 0 Å². The lowest BCUT2D eigenvalue weighted by atomic mass is 10.2. The number of aliphatic hydroxyl groups is 1. The molecular formula is C8H5F5INO2. The smallest absolute Gasteiger partial charge is 0.403 e. The zero-order valence-corrected chi connectivity index (χ0v) is 10.1. The molecule has 1 aromatic heterocycles. The second-order valence-electron chi connectivity index (χ2n) is 2.81. The molecule has 1 heterocycles. The summed E-state index contributed by atoms with van der Waals surface area (Å²) < 4.78 is 64.7. The maximum atomic E-state index is 12.5. The first kappa shape index (κ1) is 14.4. The Hall–Kier alpha value is -0.710. The molecule has 0 saturated heterocycles. The van der Waals surface area contributed by atoms with Crippen molar-refractivity contribution >= 4 is 22.6 Å². The van der Waals surface area contributed by atoms with Crippen molar-refractivity contribution in [3.63, 3.8) is 0 Å². The summed E-state index contributed by atoms with van der Waals surface area (Å²) in [6.45, 7) is -0.855. The van der Waals surface area contributed by atoms with Crippen molar-refractivity contribution in [1.82, 2.24) is 4.98 Å². The molecule has 17 heavy (non-hydrogen) atoms. The number of hydrogen-bond donors (Lipinski definition) is 1. The largest absolute Gasteiger partial charge is 0.573 e. The van der Waals surface area contributed by atoms with Crippen LogP contribution < -0.4 is 4.74 Å². The molecule has 0 spiro atoms. The first-order valence-corrected chi connectivity index (χ1v) is 5.16. The Bertz CT molecular complexity index is 410. The number of nitrogens with zero attached hydrogens (tertiary/aromatic N) is 1. The van der Waals surface area contributed by atoms with Crippen molar-refractivity contribution < 1.29 is 31.8 Å². The van der Waals surface area contributed by atoms with Crippen LogP contribution in [-0.2, 0) is 6.61 Å². The summed E-state index contributed by atoms with van der Waals surface area (Å²) in [5, 5.41) is 8.88. The molecule has 9 heteroatoms. The lowest BCUT2D eigenvalue weighted by Gasteiger charge is -2.16. The SMILES string of the molecule is OCc1c(I)cnc(C(F)F)c1OC(F)(F)F. The number of rotatable bonds is 3. The van der Waals surface area contributed by atoms with Gasteiger partial charge in [0.25, 0.3) is 6.43 Å². The number of hydrogen-bond acceptors (Lipinski definition) is 3. The molecule has 0 fully saturated rings. The van der Waals surface area contributed by atoms with Crippen LogP contribution in [0.4, 0.5) is 22.0 Å². The number of aliphatic hydroxyl groups excluding tert-OH is 1. The van der Waals surface area contributed by atoms with E-state index in [0.29, 0.717) is 0 Å². The molecule has 0 amide bonds. The van der Waals surface area contributed by atoms with E-state index in [1.165, 1.54) is 0 Å². The Morgan fingerprint density at radius 1 is 1.41 bits per heavy atom. The Morgan fingerprint density at radius 2 is 2.00 bits per heavy atom. The van der Waals surface area contributed by atoms with E-state index in [2.05, 4.69) is 9.72 Å². The lowest BCUT2D eigenvalue weighted by Crippen LogP contribution is -2.20. The number of alkyl halides is 5. The van der Waals surface area contributed by atoms with Crippen molar-refractivity contribution in [2.75, 3.05) is 0 Å². The number of ether oxygens (including phenoxy) is 1. The van der Waals surface area contributed by atoms with E-state index < -0.39 is 30.8 Å². The van der Waals surface area contributed by atoms with Crippen molar-refractivity contribution in [1.29, 1.82) is 0 Å². The first-order valence-electron chi connectivity index (χ1n) is 4.08. The quantitative estimate of drug-likeness (QED) is 0.658. The molecule has 0 bridgehead atoms. The van der Waals surface area contributed by atoms with Crippen molar-refractivity contribution in [3.05, 3.63) is 21.0 Å². The van der Waals surface area contributed by atoms with E-state index in [9.17, 15) is 22.0 Å². The van der Waals surface area contributed by atoms with Crippen LogP contribution in [0, 0.1) is 3.57 Å². The molecule has 1 N–H and O–H groups in total. The van der Waals surface area contributed by atoms with Crippen molar-refractivity contribution in [3.8, 4) is 5.75 Å². The molecule has 0 unspecified atom stereocenters. The van der Waals surface area contributed by atoms with Gasteiger partial charge in [0.2, 0.25) is 0 Å². The molecule has 96 valence electrons. The first-order chi connectivity index (χ1) is 7.76. The standard InChI is InChI=1S/C8H5F5INO2/c9-7(10)5-6(17-8(11,12)13)3(2-16)4(14)1-15-5/h1,7,16H,2H2. The van der Waals surface area contributed by atoms with E-state index in [-0.39, 0.29) is 9.13 Å².